The third kappa shape index (κ3) is 4.95. The number of ether oxygens (including phenoxy) is 1. The zero-order chi connectivity index (χ0) is 17.8. The Kier molecular flexibility index (Phi) is 5.97. The van der Waals surface area contributed by atoms with Crippen molar-refractivity contribution in [1.29, 1.82) is 0 Å². The van der Waals surface area contributed by atoms with Crippen LogP contribution in [-0.2, 0) is 17.8 Å². The van der Waals surface area contributed by atoms with Gasteiger partial charge in [0.2, 0.25) is 5.91 Å². The molecule has 0 spiro atoms. The van der Waals surface area contributed by atoms with Crippen LogP contribution in [0, 0.1) is 5.92 Å². The maximum atomic E-state index is 12.1. The highest BCUT2D eigenvalue weighted by Gasteiger charge is 2.21. The Morgan fingerprint density at radius 2 is 1.88 bits per heavy atom. The van der Waals surface area contributed by atoms with E-state index in [1.54, 1.807) is 0 Å². The Labute approximate surface area is 151 Å². The number of nitrogens with zero attached hydrogens (tertiary/aromatic N) is 2. The maximum absolute atomic E-state index is 12.1. The monoisotopic (exact) mass is 345 g/mol. The molecular formula is C20H31N3O2. The van der Waals surface area contributed by atoms with Gasteiger partial charge in [0.15, 0.2) is 0 Å². The third-order valence-corrected chi connectivity index (χ3v) is 5.38. The highest BCUT2D eigenvalue weighted by Crippen LogP contribution is 2.26. The average molecular weight is 345 g/mol. The van der Waals surface area contributed by atoms with Gasteiger partial charge in [-0.25, -0.2) is 0 Å². The van der Waals surface area contributed by atoms with Gasteiger partial charge in [0.05, 0.1) is 13.2 Å². The van der Waals surface area contributed by atoms with E-state index in [0.29, 0.717) is 12.5 Å². The largest absolute Gasteiger partial charge is 0.493 e. The van der Waals surface area contributed by atoms with E-state index in [9.17, 15) is 4.79 Å². The predicted molar refractivity (Wildman–Crippen MR) is 99.8 cm³/mol. The summed E-state index contributed by atoms with van der Waals surface area (Å²) in [5.41, 5.74) is 2.70. The molecule has 1 aromatic carbocycles. The molecule has 5 nitrogen and oxygen atoms in total. The van der Waals surface area contributed by atoms with Gasteiger partial charge < -0.3 is 10.1 Å². The molecule has 2 heterocycles. The van der Waals surface area contributed by atoms with E-state index in [1.807, 2.05) is 0 Å². The number of carbonyl (C=O) groups is 1. The number of carbonyl (C=O) groups excluding carboxylic acids is 1. The second kappa shape index (κ2) is 8.19. The van der Waals surface area contributed by atoms with E-state index in [1.165, 1.54) is 11.1 Å². The Balaban J connectivity index is 1.42. The van der Waals surface area contributed by atoms with E-state index in [2.05, 4.69) is 54.1 Å². The summed E-state index contributed by atoms with van der Waals surface area (Å²) in [6.45, 7) is 12.6. The molecule has 2 aliphatic heterocycles. The predicted octanol–water partition coefficient (Wildman–Crippen LogP) is 1.90. The van der Waals surface area contributed by atoms with Gasteiger partial charge in [0.25, 0.3) is 0 Å². The minimum atomic E-state index is 0.147. The van der Waals surface area contributed by atoms with Crippen molar-refractivity contribution in [2.45, 2.75) is 39.8 Å². The van der Waals surface area contributed by atoms with Crippen molar-refractivity contribution < 1.29 is 9.53 Å². The summed E-state index contributed by atoms with van der Waals surface area (Å²) in [6.07, 6.45) is 1.03. The molecule has 3 rings (SSSR count). The molecule has 1 atom stereocenters. The molecule has 0 bridgehead atoms. The maximum Gasteiger partial charge on any atom is 0.234 e. The van der Waals surface area contributed by atoms with Crippen molar-refractivity contribution in [3.63, 3.8) is 0 Å². The average Bonchev–Trinajstić information content (AvgIpc) is 3.04. The molecule has 0 aromatic heterocycles. The normalized spacial score (nSPS) is 19.5. The molecular weight excluding hydrogens is 314 g/mol. The van der Waals surface area contributed by atoms with Gasteiger partial charge in [-0.15, -0.1) is 0 Å². The van der Waals surface area contributed by atoms with E-state index in [-0.39, 0.29) is 11.9 Å². The molecule has 0 aliphatic carbocycles. The van der Waals surface area contributed by atoms with Crippen LogP contribution in [0.5, 0.6) is 5.75 Å². The molecule has 2 aliphatic rings. The Morgan fingerprint density at radius 1 is 1.16 bits per heavy atom. The van der Waals surface area contributed by atoms with Crippen LogP contribution in [0.2, 0.25) is 0 Å². The van der Waals surface area contributed by atoms with Gasteiger partial charge in [-0.2, -0.15) is 0 Å². The minimum Gasteiger partial charge on any atom is -0.493 e. The number of piperazine rings is 1. The lowest BCUT2D eigenvalue weighted by molar-refractivity contribution is -0.123. The Bertz CT molecular complexity index is 595. The van der Waals surface area contributed by atoms with Crippen LogP contribution in [0.3, 0.4) is 0 Å². The fourth-order valence-corrected chi connectivity index (χ4v) is 3.37. The number of hydrogen-bond acceptors (Lipinski definition) is 4. The van der Waals surface area contributed by atoms with Crippen molar-refractivity contribution >= 4 is 5.91 Å². The number of amides is 1. The molecule has 1 unspecified atom stereocenters. The molecule has 1 saturated heterocycles. The molecule has 1 N–H and O–H groups in total. The van der Waals surface area contributed by atoms with Crippen molar-refractivity contribution in [1.82, 2.24) is 15.1 Å². The second-order valence-corrected chi connectivity index (χ2v) is 7.69. The van der Waals surface area contributed by atoms with Crippen LogP contribution in [-0.4, -0.2) is 61.1 Å². The number of hydrogen-bond donors (Lipinski definition) is 1. The second-order valence-electron chi connectivity index (χ2n) is 7.69. The summed E-state index contributed by atoms with van der Waals surface area (Å²) in [7, 11) is 0. The topological polar surface area (TPSA) is 44.8 Å². The van der Waals surface area contributed by atoms with Crippen LogP contribution >= 0.6 is 0 Å². The fraction of sp³-hybridized carbons (Fsp3) is 0.650. The summed E-state index contributed by atoms with van der Waals surface area (Å²) in [5.74, 6) is 1.67. The number of benzene rings is 1. The summed E-state index contributed by atoms with van der Waals surface area (Å²) in [4.78, 5) is 16.9. The van der Waals surface area contributed by atoms with Gasteiger partial charge in [0, 0.05) is 45.2 Å². The van der Waals surface area contributed by atoms with Crippen LogP contribution in [0.1, 0.15) is 31.9 Å². The highest BCUT2D eigenvalue weighted by atomic mass is 16.5. The molecule has 1 amide bonds. The van der Waals surface area contributed by atoms with E-state index in [0.717, 1.165) is 51.5 Å². The molecule has 25 heavy (non-hydrogen) atoms. The molecule has 138 valence electrons. The summed E-state index contributed by atoms with van der Waals surface area (Å²) >= 11 is 0. The number of nitrogens with one attached hydrogen (secondary N) is 1. The summed E-state index contributed by atoms with van der Waals surface area (Å²) in [6, 6.07) is 6.80. The third-order valence-electron chi connectivity index (χ3n) is 5.38. The first kappa shape index (κ1) is 18.2. The lowest BCUT2D eigenvalue weighted by atomic mass is 10.1. The quantitative estimate of drug-likeness (QED) is 0.855. The van der Waals surface area contributed by atoms with Crippen LogP contribution in [0.25, 0.3) is 0 Å². The zero-order valence-corrected chi connectivity index (χ0v) is 15.8. The molecule has 1 fully saturated rings. The van der Waals surface area contributed by atoms with Crippen LogP contribution in [0.15, 0.2) is 18.2 Å². The van der Waals surface area contributed by atoms with Crippen molar-refractivity contribution in [3.05, 3.63) is 29.3 Å². The molecule has 1 aromatic rings. The first-order chi connectivity index (χ1) is 12.0. The van der Waals surface area contributed by atoms with Crippen LogP contribution in [0.4, 0.5) is 0 Å². The molecule has 5 heteroatoms. The molecule has 0 saturated carbocycles. The Morgan fingerprint density at radius 3 is 2.60 bits per heavy atom. The van der Waals surface area contributed by atoms with E-state index >= 15 is 0 Å². The van der Waals surface area contributed by atoms with Gasteiger partial charge in [-0.05, 0) is 30.0 Å². The SMILES string of the molecule is CC(C)C(C)NC(=O)CN1CCN(Cc2ccc3c(c2)CCO3)CC1. The van der Waals surface area contributed by atoms with Gasteiger partial charge in [0.1, 0.15) is 5.75 Å². The van der Waals surface area contributed by atoms with Crippen molar-refractivity contribution in [3.8, 4) is 5.75 Å². The van der Waals surface area contributed by atoms with Gasteiger partial charge in [-0.3, -0.25) is 14.6 Å². The fourth-order valence-electron chi connectivity index (χ4n) is 3.37. The van der Waals surface area contributed by atoms with Gasteiger partial charge in [-0.1, -0.05) is 26.0 Å². The summed E-state index contributed by atoms with van der Waals surface area (Å²) in [5, 5.41) is 3.10. The van der Waals surface area contributed by atoms with E-state index in [4.69, 9.17) is 4.74 Å². The van der Waals surface area contributed by atoms with Crippen molar-refractivity contribution in [2.24, 2.45) is 5.92 Å². The van der Waals surface area contributed by atoms with E-state index < -0.39 is 0 Å². The summed E-state index contributed by atoms with van der Waals surface area (Å²) < 4.78 is 5.58. The lowest BCUT2D eigenvalue weighted by Crippen LogP contribution is -2.50. The standard InChI is InChI=1S/C20H31N3O2/c1-15(2)16(3)21-20(24)14-23-9-7-22(8-10-23)13-17-4-5-19-18(12-17)6-11-25-19/h4-5,12,15-16H,6-11,13-14H2,1-3H3,(H,21,24). The Hall–Kier alpha value is -1.59. The lowest BCUT2D eigenvalue weighted by Gasteiger charge is -2.34. The molecule has 0 radical (unpaired) electrons. The first-order valence-electron chi connectivity index (χ1n) is 9.50. The zero-order valence-electron chi connectivity index (χ0n) is 15.8. The first-order valence-corrected chi connectivity index (χ1v) is 9.50. The minimum absolute atomic E-state index is 0.147. The van der Waals surface area contributed by atoms with Crippen LogP contribution < -0.4 is 10.1 Å². The number of rotatable bonds is 6. The smallest absolute Gasteiger partial charge is 0.234 e. The van der Waals surface area contributed by atoms with Crippen molar-refractivity contribution in [2.75, 3.05) is 39.3 Å². The number of fused-ring (bicyclic) bond motifs is 1. The van der Waals surface area contributed by atoms with Gasteiger partial charge >= 0.3 is 0 Å². The highest BCUT2D eigenvalue weighted by molar-refractivity contribution is 5.78.